The molecule has 0 saturated carbocycles. The molecule has 28 heavy (non-hydrogen) atoms. The largest absolute Gasteiger partial charge is 0.376 e. The Morgan fingerprint density at radius 1 is 1.29 bits per heavy atom. The van der Waals surface area contributed by atoms with E-state index < -0.39 is 0 Å². The lowest BCUT2D eigenvalue weighted by atomic mass is 10.1. The Bertz CT molecular complexity index is 589. The minimum absolute atomic E-state index is 0. The van der Waals surface area contributed by atoms with E-state index in [-0.39, 0.29) is 24.0 Å². The lowest BCUT2D eigenvalue weighted by Crippen LogP contribution is -2.47. The minimum atomic E-state index is 0. The van der Waals surface area contributed by atoms with Crippen LogP contribution in [0, 0.1) is 13.8 Å². The molecule has 160 valence electrons. The van der Waals surface area contributed by atoms with Crippen LogP contribution < -0.4 is 5.32 Å². The molecule has 2 aliphatic rings. The summed E-state index contributed by atoms with van der Waals surface area (Å²) in [6.07, 6.45) is 5.91. The predicted octanol–water partition coefficient (Wildman–Crippen LogP) is 3.08. The van der Waals surface area contributed by atoms with Gasteiger partial charge in [-0.15, -0.1) is 24.0 Å². The highest BCUT2D eigenvalue weighted by atomic mass is 127. The summed E-state index contributed by atoms with van der Waals surface area (Å²) < 4.78 is 17.0. The molecule has 0 amide bonds. The zero-order valence-corrected chi connectivity index (χ0v) is 19.7. The quantitative estimate of drug-likeness (QED) is 0.348. The molecule has 7 nitrogen and oxygen atoms in total. The SMILES string of the molecule is CCNC(=NCCc1c(C)noc1C)N1CCC(OCC2CCCO2)CC1.I. The third-order valence-electron chi connectivity index (χ3n) is 5.42. The lowest BCUT2D eigenvalue weighted by Gasteiger charge is -2.34. The normalized spacial score (nSPS) is 21.0. The fourth-order valence-electron chi connectivity index (χ4n) is 3.81. The van der Waals surface area contributed by atoms with Crippen molar-refractivity contribution >= 4 is 29.9 Å². The maximum Gasteiger partial charge on any atom is 0.193 e. The zero-order chi connectivity index (χ0) is 19.1. The van der Waals surface area contributed by atoms with Crippen molar-refractivity contribution in [1.29, 1.82) is 0 Å². The van der Waals surface area contributed by atoms with Crippen LogP contribution >= 0.6 is 24.0 Å². The van der Waals surface area contributed by atoms with Gasteiger partial charge in [-0.05, 0) is 52.9 Å². The minimum Gasteiger partial charge on any atom is -0.376 e. The number of nitrogens with one attached hydrogen (secondary N) is 1. The number of aryl methyl sites for hydroxylation is 2. The van der Waals surface area contributed by atoms with Crippen LogP contribution in [0.5, 0.6) is 0 Å². The smallest absolute Gasteiger partial charge is 0.193 e. The first-order chi connectivity index (χ1) is 13.2. The van der Waals surface area contributed by atoms with E-state index in [1.807, 2.05) is 13.8 Å². The monoisotopic (exact) mass is 506 g/mol. The second kappa shape index (κ2) is 12.0. The Morgan fingerprint density at radius 2 is 2.07 bits per heavy atom. The summed E-state index contributed by atoms with van der Waals surface area (Å²) in [7, 11) is 0. The van der Waals surface area contributed by atoms with Gasteiger partial charge < -0.3 is 24.2 Å². The van der Waals surface area contributed by atoms with Gasteiger partial charge in [0.15, 0.2) is 5.96 Å². The predicted molar refractivity (Wildman–Crippen MR) is 121 cm³/mol. The maximum absolute atomic E-state index is 6.08. The molecule has 1 aromatic heterocycles. The lowest BCUT2D eigenvalue weighted by molar-refractivity contribution is -0.0367. The fraction of sp³-hybridized carbons (Fsp3) is 0.800. The Morgan fingerprint density at radius 3 is 2.68 bits per heavy atom. The average Bonchev–Trinajstić information content (AvgIpc) is 3.31. The molecule has 0 aliphatic carbocycles. The summed E-state index contributed by atoms with van der Waals surface area (Å²) in [5.74, 6) is 1.90. The van der Waals surface area contributed by atoms with Gasteiger partial charge in [0, 0.05) is 38.3 Å². The van der Waals surface area contributed by atoms with Crippen molar-refractivity contribution in [3.8, 4) is 0 Å². The highest BCUT2D eigenvalue weighted by Gasteiger charge is 2.24. The molecule has 0 aromatic carbocycles. The molecule has 3 heterocycles. The van der Waals surface area contributed by atoms with Crippen molar-refractivity contribution in [2.45, 2.75) is 65.1 Å². The molecular formula is C20H35IN4O3. The summed E-state index contributed by atoms with van der Waals surface area (Å²) in [6.45, 7) is 11.3. The fourth-order valence-corrected chi connectivity index (χ4v) is 3.81. The number of hydrogen-bond donors (Lipinski definition) is 1. The average molecular weight is 506 g/mol. The van der Waals surface area contributed by atoms with Gasteiger partial charge in [0.05, 0.1) is 24.5 Å². The molecule has 2 aliphatic heterocycles. The van der Waals surface area contributed by atoms with Gasteiger partial charge in [-0.3, -0.25) is 4.99 Å². The van der Waals surface area contributed by atoms with Crippen molar-refractivity contribution in [2.24, 2.45) is 4.99 Å². The van der Waals surface area contributed by atoms with E-state index in [1.165, 1.54) is 12.0 Å². The van der Waals surface area contributed by atoms with E-state index >= 15 is 0 Å². The van der Waals surface area contributed by atoms with Crippen LogP contribution in [0.4, 0.5) is 0 Å². The Balaban J connectivity index is 0.00000280. The van der Waals surface area contributed by atoms with E-state index in [0.29, 0.717) is 12.2 Å². The number of rotatable bonds is 7. The molecule has 1 atom stereocenters. The highest BCUT2D eigenvalue weighted by Crippen LogP contribution is 2.18. The summed E-state index contributed by atoms with van der Waals surface area (Å²) in [4.78, 5) is 7.18. The van der Waals surface area contributed by atoms with Crippen molar-refractivity contribution in [3.05, 3.63) is 17.0 Å². The number of piperidine rings is 1. The third-order valence-corrected chi connectivity index (χ3v) is 5.42. The van der Waals surface area contributed by atoms with Gasteiger partial charge in [0.2, 0.25) is 0 Å². The molecule has 1 unspecified atom stereocenters. The van der Waals surface area contributed by atoms with Crippen LogP contribution in [0.3, 0.4) is 0 Å². The number of halogens is 1. The Kier molecular flexibility index (Phi) is 10.0. The number of likely N-dealkylation sites (tertiary alicyclic amines) is 1. The Hall–Kier alpha value is -0.870. The molecule has 0 spiro atoms. The summed E-state index contributed by atoms with van der Waals surface area (Å²) in [5, 5.41) is 7.45. The van der Waals surface area contributed by atoms with Crippen LogP contribution in [0.15, 0.2) is 9.52 Å². The van der Waals surface area contributed by atoms with Gasteiger partial charge in [-0.2, -0.15) is 0 Å². The summed E-state index contributed by atoms with van der Waals surface area (Å²) in [5.41, 5.74) is 2.15. The summed E-state index contributed by atoms with van der Waals surface area (Å²) in [6, 6.07) is 0. The number of ether oxygens (including phenoxy) is 2. The molecule has 1 aromatic rings. The first-order valence-electron chi connectivity index (χ1n) is 10.4. The maximum atomic E-state index is 6.08. The van der Waals surface area contributed by atoms with E-state index in [2.05, 4.69) is 22.3 Å². The second-order valence-corrected chi connectivity index (χ2v) is 7.44. The van der Waals surface area contributed by atoms with Crippen molar-refractivity contribution in [2.75, 3.05) is 39.4 Å². The topological polar surface area (TPSA) is 72.1 Å². The van der Waals surface area contributed by atoms with Crippen LogP contribution in [0.2, 0.25) is 0 Å². The first kappa shape index (κ1) is 23.4. The third kappa shape index (κ3) is 6.59. The molecule has 0 bridgehead atoms. The van der Waals surface area contributed by atoms with E-state index in [4.69, 9.17) is 19.0 Å². The van der Waals surface area contributed by atoms with Crippen LogP contribution in [0.25, 0.3) is 0 Å². The molecular weight excluding hydrogens is 471 g/mol. The first-order valence-corrected chi connectivity index (χ1v) is 10.4. The number of guanidine groups is 1. The summed E-state index contributed by atoms with van der Waals surface area (Å²) >= 11 is 0. The highest BCUT2D eigenvalue weighted by molar-refractivity contribution is 14.0. The van der Waals surface area contributed by atoms with Gasteiger partial charge in [-0.1, -0.05) is 5.16 Å². The van der Waals surface area contributed by atoms with E-state index in [0.717, 1.165) is 82.5 Å². The standard InChI is InChI=1S/C20H34N4O3.HI/c1-4-21-20(22-10-7-19-15(2)23-27-16(19)3)24-11-8-17(9-12-24)26-14-18-6-5-13-25-18;/h17-18H,4-14H2,1-3H3,(H,21,22);1H. The van der Waals surface area contributed by atoms with Gasteiger partial charge in [0.1, 0.15) is 5.76 Å². The van der Waals surface area contributed by atoms with E-state index in [1.54, 1.807) is 0 Å². The zero-order valence-electron chi connectivity index (χ0n) is 17.4. The molecule has 3 rings (SSSR count). The van der Waals surface area contributed by atoms with Gasteiger partial charge in [-0.25, -0.2) is 0 Å². The van der Waals surface area contributed by atoms with Crippen LogP contribution in [-0.2, 0) is 15.9 Å². The van der Waals surface area contributed by atoms with Crippen molar-refractivity contribution in [1.82, 2.24) is 15.4 Å². The number of aromatic nitrogens is 1. The second-order valence-electron chi connectivity index (χ2n) is 7.44. The number of nitrogens with zero attached hydrogens (tertiary/aromatic N) is 3. The van der Waals surface area contributed by atoms with Crippen LogP contribution in [-0.4, -0.2) is 67.6 Å². The molecule has 2 fully saturated rings. The Labute approximate surface area is 185 Å². The van der Waals surface area contributed by atoms with Crippen LogP contribution in [0.1, 0.15) is 49.6 Å². The number of hydrogen-bond acceptors (Lipinski definition) is 5. The molecule has 8 heteroatoms. The van der Waals surface area contributed by atoms with Crippen molar-refractivity contribution < 1.29 is 14.0 Å². The van der Waals surface area contributed by atoms with E-state index in [9.17, 15) is 0 Å². The number of aliphatic imine (C=N–C) groups is 1. The van der Waals surface area contributed by atoms with Gasteiger partial charge >= 0.3 is 0 Å². The van der Waals surface area contributed by atoms with Gasteiger partial charge in [0.25, 0.3) is 0 Å². The molecule has 1 N–H and O–H groups in total. The molecule has 2 saturated heterocycles. The van der Waals surface area contributed by atoms with Crippen molar-refractivity contribution in [3.63, 3.8) is 0 Å². The molecule has 0 radical (unpaired) electrons.